The third-order valence-electron chi connectivity index (χ3n) is 4.52. The van der Waals surface area contributed by atoms with Crippen molar-refractivity contribution in [3.05, 3.63) is 35.4 Å². The number of hydrogen-bond acceptors (Lipinski definition) is 2. The SMILES string of the molecule is CCN1CCC(CN(C)C(=O)c2ccc(C(C)C)cc2)C1. The second kappa shape index (κ2) is 7.08. The molecule has 3 nitrogen and oxygen atoms in total. The van der Waals surface area contributed by atoms with Gasteiger partial charge >= 0.3 is 0 Å². The molecule has 1 atom stereocenters. The van der Waals surface area contributed by atoms with Crippen LogP contribution in [0.3, 0.4) is 0 Å². The summed E-state index contributed by atoms with van der Waals surface area (Å²) in [6.07, 6.45) is 1.21. The van der Waals surface area contributed by atoms with E-state index in [9.17, 15) is 4.79 Å². The minimum Gasteiger partial charge on any atom is -0.341 e. The molecule has 21 heavy (non-hydrogen) atoms. The Hall–Kier alpha value is -1.35. The van der Waals surface area contributed by atoms with Crippen molar-refractivity contribution in [3.63, 3.8) is 0 Å². The molecule has 1 aliphatic heterocycles. The van der Waals surface area contributed by atoms with Crippen molar-refractivity contribution in [2.24, 2.45) is 5.92 Å². The maximum absolute atomic E-state index is 12.5. The Kier molecular flexibility index (Phi) is 5.40. The van der Waals surface area contributed by atoms with Crippen molar-refractivity contribution >= 4 is 5.91 Å². The molecule has 1 aromatic rings. The van der Waals surface area contributed by atoms with Crippen LogP contribution >= 0.6 is 0 Å². The van der Waals surface area contributed by atoms with Gasteiger partial charge in [0.2, 0.25) is 0 Å². The molecule has 0 aromatic heterocycles. The van der Waals surface area contributed by atoms with Gasteiger partial charge in [-0.2, -0.15) is 0 Å². The van der Waals surface area contributed by atoms with Crippen LogP contribution in [0.5, 0.6) is 0 Å². The number of amides is 1. The Balaban J connectivity index is 1.93. The van der Waals surface area contributed by atoms with Crippen molar-refractivity contribution < 1.29 is 4.79 Å². The molecule has 116 valence electrons. The highest BCUT2D eigenvalue weighted by Gasteiger charge is 2.24. The number of hydrogen-bond donors (Lipinski definition) is 0. The highest BCUT2D eigenvalue weighted by Crippen LogP contribution is 2.19. The van der Waals surface area contributed by atoms with Crippen LogP contribution < -0.4 is 0 Å². The van der Waals surface area contributed by atoms with Gasteiger partial charge in [-0.1, -0.05) is 32.9 Å². The quantitative estimate of drug-likeness (QED) is 0.830. The lowest BCUT2D eigenvalue weighted by molar-refractivity contribution is 0.0773. The molecule has 1 aliphatic rings. The van der Waals surface area contributed by atoms with Gasteiger partial charge in [0.1, 0.15) is 0 Å². The van der Waals surface area contributed by atoms with Gasteiger partial charge in [0.25, 0.3) is 5.91 Å². The average molecular weight is 288 g/mol. The van der Waals surface area contributed by atoms with Crippen LogP contribution in [0.1, 0.15) is 49.0 Å². The van der Waals surface area contributed by atoms with Crippen LogP contribution in [0.2, 0.25) is 0 Å². The number of carbonyl (C=O) groups is 1. The zero-order chi connectivity index (χ0) is 15.4. The summed E-state index contributed by atoms with van der Waals surface area (Å²) < 4.78 is 0. The fourth-order valence-electron chi connectivity index (χ4n) is 3.05. The van der Waals surface area contributed by atoms with Gasteiger partial charge in [0, 0.05) is 25.7 Å². The molecule has 1 aromatic carbocycles. The van der Waals surface area contributed by atoms with Crippen molar-refractivity contribution in [1.29, 1.82) is 0 Å². The monoisotopic (exact) mass is 288 g/mol. The Bertz CT molecular complexity index is 467. The topological polar surface area (TPSA) is 23.6 Å². The molecule has 1 unspecified atom stereocenters. The first-order valence-electron chi connectivity index (χ1n) is 8.09. The largest absolute Gasteiger partial charge is 0.341 e. The van der Waals surface area contributed by atoms with Gasteiger partial charge in [0.05, 0.1) is 0 Å². The fourth-order valence-corrected chi connectivity index (χ4v) is 3.05. The minimum absolute atomic E-state index is 0.139. The zero-order valence-electron chi connectivity index (χ0n) is 13.8. The predicted octanol–water partition coefficient (Wildman–Crippen LogP) is 3.22. The lowest BCUT2D eigenvalue weighted by atomic mass is 10.0. The summed E-state index contributed by atoms with van der Waals surface area (Å²) in [5, 5.41) is 0. The Labute approximate surface area is 128 Å². The first-order chi connectivity index (χ1) is 10.0. The van der Waals surface area contributed by atoms with Crippen molar-refractivity contribution in [3.8, 4) is 0 Å². The van der Waals surface area contributed by atoms with E-state index >= 15 is 0 Å². The molecule has 0 aliphatic carbocycles. The molecule has 1 heterocycles. The lowest BCUT2D eigenvalue weighted by Gasteiger charge is -2.22. The van der Waals surface area contributed by atoms with Gasteiger partial charge < -0.3 is 9.80 Å². The first kappa shape index (κ1) is 16.0. The smallest absolute Gasteiger partial charge is 0.253 e. The van der Waals surface area contributed by atoms with Crippen LogP contribution in [-0.2, 0) is 0 Å². The molecular weight excluding hydrogens is 260 g/mol. The predicted molar refractivity (Wildman–Crippen MR) is 87.7 cm³/mol. The molecule has 0 bridgehead atoms. The van der Waals surface area contributed by atoms with Gasteiger partial charge in [-0.3, -0.25) is 4.79 Å². The molecule has 0 N–H and O–H groups in total. The summed E-state index contributed by atoms with van der Waals surface area (Å²) in [4.78, 5) is 16.8. The van der Waals surface area contributed by atoms with Crippen LogP contribution in [-0.4, -0.2) is 48.9 Å². The Morgan fingerprint density at radius 1 is 1.33 bits per heavy atom. The maximum atomic E-state index is 12.5. The van der Waals surface area contributed by atoms with Gasteiger partial charge in [-0.05, 0) is 49.0 Å². The minimum atomic E-state index is 0.139. The summed E-state index contributed by atoms with van der Waals surface area (Å²) in [7, 11) is 1.92. The van der Waals surface area contributed by atoms with E-state index in [0.29, 0.717) is 11.8 Å². The van der Waals surface area contributed by atoms with Crippen LogP contribution in [0, 0.1) is 5.92 Å². The zero-order valence-corrected chi connectivity index (χ0v) is 13.8. The standard InChI is InChI=1S/C18H28N2O/c1-5-20-11-10-15(13-20)12-19(4)18(21)17-8-6-16(7-9-17)14(2)3/h6-9,14-15H,5,10-13H2,1-4H3. The molecule has 3 heteroatoms. The number of carbonyl (C=O) groups excluding carboxylic acids is 1. The highest BCUT2D eigenvalue weighted by molar-refractivity contribution is 5.94. The lowest BCUT2D eigenvalue weighted by Crippen LogP contribution is -2.33. The van der Waals surface area contributed by atoms with Crippen molar-refractivity contribution in [2.45, 2.75) is 33.1 Å². The van der Waals surface area contributed by atoms with Crippen LogP contribution in [0.15, 0.2) is 24.3 Å². The Morgan fingerprint density at radius 2 is 2.00 bits per heavy atom. The average Bonchev–Trinajstić information content (AvgIpc) is 2.94. The molecule has 1 fully saturated rings. The van der Waals surface area contributed by atoms with E-state index in [1.807, 2.05) is 24.1 Å². The van der Waals surface area contributed by atoms with Gasteiger partial charge in [-0.15, -0.1) is 0 Å². The number of likely N-dealkylation sites (tertiary alicyclic amines) is 1. The third-order valence-corrected chi connectivity index (χ3v) is 4.52. The highest BCUT2D eigenvalue weighted by atomic mass is 16.2. The molecule has 2 rings (SSSR count). The molecule has 0 saturated carbocycles. The third kappa shape index (κ3) is 4.07. The van der Waals surface area contributed by atoms with E-state index in [4.69, 9.17) is 0 Å². The van der Waals surface area contributed by atoms with E-state index < -0.39 is 0 Å². The number of nitrogens with zero attached hydrogens (tertiary/aromatic N) is 2. The fraction of sp³-hybridized carbons (Fsp3) is 0.611. The Morgan fingerprint density at radius 3 is 2.52 bits per heavy atom. The van der Waals surface area contributed by atoms with E-state index in [1.54, 1.807) is 0 Å². The summed E-state index contributed by atoms with van der Waals surface area (Å²) in [5.74, 6) is 1.26. The van der Waals surface area contributed by atoms with Crippen LogP contribution in [0.4, 0.5) is 0 Å². The maximum Gasteiger partial charge on any atom is 0.253 e. The molecular formula is C18H28N2O. The van der Waals surface area contributed by atoms with Crippen LogP contribution in [0.25, 0.3) is 0 Å². The molecule has 1 amide bonds. The summed E-state index contributed by atoms with van der Waals surface area (Å²) >= 11 is 0. The van der Waals surface area contributed by atoms with E-state index in [2.05, 4.69) is 37.8 Å². The molecule has 1 saturated heterocycles. The van der Waals surface area contributed by atoms with E-state index in [1.165, 1.54) is 18.5 Å². The number of rotatable bonds is 5. The second-order valence-electron chi connectivity index (χ2n) is 6.51. The second-order valence-corrected chi connectivity index (χ2v) is 6.51. The van der Waals surface area contributed by atoms with Crippen molar-refractivity contribution in [1.82, 2.24) is 9.80 Å². The molecule has 0 radical (unpaired) electrons. The molecule has 0 spiro atoms. The first-order valence-corrected chi connectivity index (χ1v) is 8.09. The number of benzene rings is 1. The van der Waals surface area contributed by atoms with E-state index in [-0.39, 0.29) is 5.91 Å². The van der Waals surface area contributed by atoms with Gasteiger partial charge in [-0.25, -0.2) is 0 Å². The van der Waals surface area contributed by atoms with E-state index in [0.717, 1.165) is 25.2 Å². The normalized spacial score (nSPS) is 19.2. The van der Waals surface area contributed by atoms with Gasteiger partial charge in [0.15, 0.2) is 0 Å². The summed E-state index contributed by atoms with van der Waals surface area (Å²) in [6, 6.07) is 8.06. The summed E-state index contributed by atoms with van der Waals surface area (Å²) in [6.45, 7) is 10.8. The van der Waals surface area contributed by atoms with Crippen molar-refractivity contribution in [2.75, 3.05) is 33.2 Å². The summed E-state index contributed by atoms with van der Waals surface area (Å²) in [5.41, 5.74) is 2.08.